The van der Waals surface area contributed by atoms with Gasteiger partial charge in [0.15, 0.2) is 0 Å². The van der Waals surface area contributed by atoms with Crippen LogP contribution in [0.15, 0.2) is 42.7 Å². The zero-order chi connectivity index (χ0) is 23.1. The fourth-order valence-electron chi connectivity index (χ4n) is 2.99. The van der Waals surface area contributed by atoms with Crippen molar-refractivity contribution in [3.63, 3.8) is 0 Å². The summed E-state index contributed by atoms with van der Waals surface area (Å²) < 4.78 is 46.5. The molecule has 1 N–H and O–H groups in total. The van der Waals surface area contributed by atoms with Crippen LogP contribution in [-0.4, -0.2) is 37.9 Å². The van der Waals surface area contributed by atoms with E-state index in [0.717, 1.165) is 12.1 Å². The van der Waals surface area contributed by atoms with Crippen LogP contribution in [-0.2, 0) is 23.9 Å². The van der Waals surface area contributed by atoms with Crippen molar-refractivity contribution < 1.29 is 27.8 Å². The van der Waals surface area contributed by atoms with E-state index >= 15 is 0 Å². The van der Waals surface area contributed by atoms with Crippen LogP contribution in [0.2, 0.25) is 0 Å². The average molecular weight is 444 g/mol. The van der Waals surface area contributed by atoms with Crippen molar-refractivity contribution in [3.05, 3.63) is 70.5 Å². The lowest BCUT2D eigenvalue weighted by atomic mass is 9.99. The number of ether oxygens (including phenoxy) is 1. The van der Waals surface area contributed by atoms with Crippen LogP contribution in [0.1, 0.15) is 46.0 Å². The topological polar surface area (TPSA) is 90.1 Å². The number of phenols is 1. The van der Waals surface area contributed by atoms with Crippen molar-refractivity contribution in [2.75, 3.05) is 6.61 Å². The van der Waals surface area contributed by atoms with Gasteiger partial charge in [0.25, 0.3) is 0 Å². The minimum Gasteiger partial charge on any atom is -0.508 e. The Bertz CT molecular complexity index is 1150. The summed E-state index contributed by atoms with van der Waals surface area (Å²) in [5.74, 6) is 4.33. The zero-order valence-electron chi connectivity index (χ0n) is 17.1. The smallest absolute Gasteiger partial charge is 0.417 e. The van der Waals surface area contributed by atoms with Gasteiger partial charge in [-0.3, -0.25) is 0 Å². The molecule has 7 nitrogen and oxygen atoms in total. The Hall–Kier alpha value is -3.87. The predicted octanol–water partition coefficient (Wildman–Crippen LogP) is 3.61. The number of benzene rings is 2. The quantitative estimate of drug-likeness (QED) is 0.462. The fourth-order valence-corrected chi connectivity index (χ4v) is 2.99. The highest BCUT2D eigenvalue weighted by Crippen LogP contribution is 2.33. The number of hydrogen-bond acceptors (Lipinski definition) is 6. The van der Waals surface area contributed by atoms with Crippen LogP contribution in [0.5, 0.6) is 5.75 Å². The number of rotatable bonds is 6. The summed E-state index contributed by atoms with van der Waals surface area (Å²) in [4.78, 5) is 12.1. The van der Waals surface area contributed by atoms with Gasteiger partial charge < -0.3 is 9.84 Å². The number of nitrogens with zero attached hydrogens (tertiary/aromatic N) is 4. The third-order valence-electron chi connectivity index (χ3n) is 4.48. The number of aryl methyl sites for hydroxylation is 2. The van der Waals surface area contributed by atoms with E-state index in [1.807, 2.05) is 0 Å². The van der Waals surface area contributed by atoms with Crippen LogP contribution >= 0.6 is 0 Å². The summed E-state index contributed by atoms with van der Waals surface area (Å²) in [7, 11) is 0. The molecule has 32 heavy (non-hydrogen) atoms. The van der Waals surface area contributed by atoms with E-state index in [-0.39, 0.29) is 12.2 Å². The maximum absolute atomic E-state index is 13.3. The highest BCUT2D eigenvalue weighted by atomic mass is 19.4. The molecule has 0 fully saturated rings. The predicted molar refractivity (Wildman–Crippen MR) is 108 cm³/mol. The van der Waals surface area contributed by atoms with Gasteiger partial charge in [0, 0.05) is 17.7 Å². The second-order valence-electron chi connectivity index (χ2n) is 6.75. The maximum Gasteiger partial charge on any atom is 0.417 e. The van der Waals surface area contributed by atoms with Gasteiger partial charge in [-0.15, -0.1) is 5.10 Å². The number of halogens is 3. The highest BCUT2D eigenvalue weighted by molar-refractivity contribution is 5.89. The molecule has 10 heteroatoms. The minimum absolute atomic E-state index is 0.218. The summed E-state index contributed by atoms with van der Waals surface area (Å²) >= 11 is 0. The maximum atomic E-state index is 13.3. The van der Waals surface area contributed by atoms with Gasteiger partial charge in [-0.05, 0) is 72.2 Å². The number of alkyl halides is 3. The van der Waals surface area contributed by atoms with E-state index in [0.29, 0.717) is 42.1 Å². The van der Waals surface area contributed by atoms with Gasteiger partial charge in [0.05, 0.1) is 17.7 Å². The summed E-state index contributed by atoms with van der Waals surface area (Å²) in [6, 6.07) is 7.64. The highest BCUT2D eigenvalue weighted by Gasteiger charge is 2.33. The molecular formula is C22H19F3N4O3. The Morgan fingerprint density at radius 2 is 1.91 bits per heavy atom. The molecule has 0 radical (unpaired) electrons. The van der Waals surface area contributed by atoms with Crippen molar-refractivity contribution in [1.29, 1.82) is 0 Å². The first-order valence-electron chi connectivity index (χ1n) is 9.71. The fraction of sp³-hybridized carbons (Fsp3) is 0.273. The van der Waals surface area contributed by atoms with E-state index in [1.165, 1.54) is 12.4 Å². The monoisotopic (exact) mass is 444 g/mol. The van der Waals surface area contributed by atoms with Crippen molar-refractivity contribution >= 4 is 5.97 Å². The van der Waals surface area contributed by atoms with Crippen LogP contribution in [0.3, 0.4) is 0 Å². The molecule has 2 aromatic carbocycles. The van der Waals surface area contributed by atoms with Gasteiger partial charge in [0.1, 0.15) is 12.1 Å². The van der Waals surface area contributed by atoms with Crippen molar-refractivity contribution in [2.45, 2.75) is 32.5 Å². The molecular weight excluding hydrogens is 425 g/mol. The molecule has 0 bridgehead atoms. The Morgan fingerprint density at radius 3 is 2.59 bits per heavy atom. The molecule has 166 valence electrons. The van der Waals surface area contributed by atoms with Crippen molar-refractivity contribution in [3.8, 4) is 17.6 Å². The lowest BCUT2D eigenvalue weighted by Crippen LogP contribution is -2.08. The third-order valence-corrected chi connectivity index (χ3v) is 4.48. The second-order valence-corrected chi connectivity index (χ2v) is 6.75. The average Bonchev–Trinajstić information content (AvgIpc) is 3.26. The summed E-state index contributed by atoms with van der Waals surface area (Å²) in [5.41, 5.74) is 0.215. The number of carbonyl (C=O) groups is 1. The SMILES string of the molecule is CCOC(=O)c1ccc(C#Cc2ccc(O)cc2C(F)(F)F)c(CCCn2cnnn2)c1. The number of esters is 1. The number of carbonyl (C=O) groups excluding carboxylic acids is 1. The van der Waals surface area contributed by atoms with Crippen LogP contribution in [0.25, 0.3) is 0 Å². The molecule has 3 rings (SSSR count). The van der Waals surface area contributed by atoms with Crippen LogP contribution in [0.4, 0.5) is 13.2 Å². The van der Waals surface area contributed by atoms with Crippen molar-refractivity contribution in [1.82, 2.24) is 20.2 Å². The summed E-state index contributed by atoms with van der Waals surface area (Å²) in [6.45, 7) is 2.43. The number of tetrazole rings is 1. The number of aromatic hydroxyl groups is 1. The Kier molecular flexibility index (Phi) is 7.10. The first kappa shape index (κ1) is 22.8. The molecule has 0 saturated heterocycles. The molecule has 0 saturated carbocycles. The molecule has 0 aliphatic heterocycles. The van der Waals surface area contributed by atoms with E-state index in [9.17, 15) is 23.1 Å². The van der Waals surface area contributed by atoms with Crippen molar-refractivity contribution in [2.24, 2.45) is 0 Å². The normalized spacial score (nSPS) is 11.0. The van der Waals surface area contributed by atoms with E-state index in [2.05, 4.69) is 27.4 Å². The van der Waals surface area contributed by atoms with Crippen LogP contribution < -0.4 is 0 Å². The van der Waals surface area contributed by atoms with E-state index < -0.39 is 23.5 Å². The molecule has 0 unspecified atom stereocenters. The molecule has 1 heterocycles. The Labute approximate surface area is 181 Å². The molecule has 3 aromatic rings. The molecule has 0 spiro atoms. The van der Waals surface area contributed by atoms with Gasteiger partial charge in [-0.2, -0.15) is 13.2 Å². The van der Waals surface area contributed by atoms with Gasteiger partial charge in [-0.25, -0.2) is 9.48 Å². The minimum atomic E-state index is -4.66. The summed E-state index contributed by atoms with van der Waals surface area (Å²) in [5, 5.41) is 20.3. The summed E-state index contributed by atoms with van der Waals surface area (Å²) in [6.07, 6.45) is -2.09. The number of hydrogen-bond donors (Lipinski definition) is 1. The van der Waals surface area contributed by atoms with Gasteiger partial charge in [0.2, 0.25) is 0 Å². The zero-order valence-corrected chi connectivity index (χ0v) is 17.1. The largest absolute Gasteiger partial charge is 0.508 e. The van der Waals surface area contributed by atoms with E-state index in [1.54, 1.807) is 23.7 Å². The number of aromatic nitrogens is 4. The Balaban J connectivity index is 1.93. The Morgan fingerprint density at radius 1 is 1.16 bits per heavy atom. The molecule has 0 amide bonds. The molecule has 0 atom stereocenters. The standard InChI is InChI=1S/C22H19F3N4O3/c1-2-32-21(31)18-8-6-15(17(12-18)4-3-11-29-14-26-27-28-29)5-7-16-9-10-19(30)13-20(16)22(23,24)25/h6,8-10,12-14,30H,2-4,11H2,1H3. The van der Waals surface area contributed by atoms with E-state index in [4.69, 9.17) is 4.74 Å². The first-order chi connectivity index (χ1) is 15.3. The van der Waals surface area contributed by atoms with Gasteiger partial charge >= 0.3 is 12.1 Å². The first-order valence-corrected chi connectivity index (χ1v) is 9.71. The van der Waals surface area contributed by atoms with Gasteiger partial charge in [-0.1, -0.05) is 11.8 Å². The molecule has 1 aromatic heterocycles. The molecule has 0 aliphatic rings. The molecule has 0 aliphatic carbocycles. The second kappa shape index (κ2) is 9.96. The van der Waals surface area contributed by atoms with Crippen LogP contribution in [0, 0.1) is 11.8 Å². The lowest BCUT2D eigenvalue weighted by molar-refractivity contribution is -0.137. The third kappa shape index (κ3) is 5.85. The lowest BCUT2D eigenvalue weighted by Gasteiger charge is -2.10. The number of phenolic OH excluding ortho intramolecular Hbond substituents is 1.